The Morgan fingerprint density at radius 2 is 0.877 bits per heavy atom. The lowest BCUT2D eigenvalue weighted by atomic mass is 9.33. The highest BCUT2D eigenvalue weighted by Crippen LogP contribution is 2.64. The fourth-order valence-corrected chi connectivity index (χ4v) is 15.4. The minimum Gasteiger partial charge on any atom is -0.334 e. The van der Waals surface area contributed by atoms with Gasteiger partial charge in [0.15, 0.2) is 0 Å². The third kappa shape index (κ3) is 7.89. The van der Waals surface area contributed by atoms with Crippen molar-refractivity contribution in [2.24, 2.45) is 0 Å². The maximum Gasteiger partial charge on any atom is 0.252 e. The van der Waals surface area contributed by atoms with Crippen LogP contribution in [0.2, 0.25) is 0 Å². The van der Waals surface area contributed by atoms with E-state index in [0.717, 1.165) is 31.4 Å². The first kappa shape index (κ1) is 51.6. The van der Waals surface area contributed by atoms with Crippen molar-refractivity contribution in [2.75, 3.05) is 14.7 Å². The number of anilines is 8. The summed E-state index contributed by atoms with van der Waals surface area (Å²) in [5.41, 5.74) is 28.3. The van der Waals surface area contributed by atoms with Crippen molar-refractivity contribution in [1.29, 1.82) is 0 Å². The molecule has 0 bridgehead atoms. The van der Waals surface area contributed by atoms with E-state index in [2.05, 4.69) is 292 Å². The molecule has 1 saturated carbocycles. The van der Waals surface area contributed by atoms with Crippen LogP contribution in [-0.2, 0) is 27.1 Å². The Hall–Kier alpha value is -7.56. The zero-order valence-electron chi connectivity index (χ0n) is 49.9. The van der Waals surface area contributed by atoms with Crippen LogP contribution in [0.1, 0.15) is 143 Å². The Bertz CT molecular complexity index is 3970. The molecular formula is C77H78BN3. The summed E-state index contributed by atoms with van der Waals surface area (Å²) in [5, 5.41) is 0. The highest BCUT2D eigenvalue weighted by atomic mass is 15.3. The summed E-state index contributed by atoms with van der Waals surface area (Å²) in [6, 6.07) is 75.5. The van der Waals surface area contributed by atoms with Crippen molar-refractivity contribution >= 4 is 68.6 Å². The summed E-state index contributed by atoms with van der Waals surface area (Å²) in [4.78, 5) is 8.22. The van der Waals surface area contributed by atoms with Crippen LogP contribution >= 0.6 is 0 Å². The average Bonchev–Trinajstić information content (AvgIpc) is 3.82. The van der Waals surface area contributed by atoms with Crippen LogP contribution in [0.15, 0.2) is 194 Å². The van der Waals surface area contributed by atoms with Crippen LogP contribution < -0.4 is 31.1 Å². The Balaban J connectivity index is 1.14. The highest BCUT2D eigenvalue weighted by molar-refractivity contribution is 7.00. The predicted molar refractivity (Wildman–Crippen MR) is 348 cm³/mol. The van der Waals surface area contributed by atoms with Gasteiger partial charge in [0.05, 0.1) is 11.2 Å². The molecule has 3 nitrogen and oxygen atoms in total. The lowest BCUT2D eigenvalue weighted by molar-refractivity contribution is 0.330. The summed E-state index contributed by atoms with van der Waals surface area (Å²) >= 11 is 0. The fraction of sp³-hybridized carbons (Fsp3) is 0.299. The van der Waals surface area contributed by atoms with Crippen molar-refractivity contribution in [3.63, 3.8) is 0 Å². The molecule has 404 valence electrons. The first-order valence-corrected chi connectivity index (χ1v) is 30.1. The van der Waals surface area contributed by atoms with E-state index in [4.69, 9.17) is 0 Å². The van der Waals surface area contributed by atoms with E-state index >= 15 is 0 Å². The van der Waals surface area contributed by atoms with E-state index in [1.165, 1.54) is 124 Å². The predicted octanol–water partition coefficient (Wildman–Crippen LogP) is 19.1. The molecule has 0 spiro atoms. The van der Waals surface area contributed by atoms with Crippen molar-refractivity contribution in [3.05, 3.63) is 222 Å². The topological polar surface area (TPSA) is 9.72 Å². The second-order valence-electron chi connectivity index (χ2n) is 28.4. The van der Waals surface area contributed by atoms with Crippen molar-refractivity contribution in [2.45, 2.75) is 148 Å². The fourth-order valence-electron chi connectivity index (χ4n) is 15.4. The minimum atomic E-state index is -0.166. The molecule has 0 saturated heterocycles. The molecule has 3 heterocycles. The lowest BCUT2D eigenvalue weighted by Crippen LogP contribution is -2.62. The Kier molecular flexibility index (Phi) is 11.4. The average molecular weight is 1060 g/mol. The number of nitrogens with zero attached hydrogens (tertiary/aromatic N) is 3. The van der Waals surface area contributed by atoms with Gasteiger partial charge in [-0.15, -0.1) is 0 Å². The molecule has 9 aromatic carbocycles. The number of benzene rings is 9. The van der Waals surface area contributed by atoms with Crippen molar-refractivity contribution in [1.82, 2.24) is 0 Å². The molecule has 4 heteroatoms. The maximum atomic E-state index is 2.82. The highest BCUT2D eigenvalue weighted by Gasteiger charge is 2.60. The third-order valence-corrected chi connectivity index (χ3v) is 20.5. The quantitative estimate of drug-likeness (QED) is 0.154. The zero-order chi connectivity index (χ0) is 56.2. The molecule has 5 aliphatic rings. The lowest BCUT2D eigenvalue weighted by Gasteiger charge is -2.49. The molecule has 0 N–H and O–H groups in total. The molecule has 0 aromatic heterocycles. The molecule has 2 atom stereocenters. The summed E-state index contributed by atoms with van der Waals surface area (Å²) in [5.74, 6) is 0. The molecule has 3 aliphatic heterocycles. The summed E-state index contributed by atoms with van der Waals surface area (Å²) < 4.78 is 0. The monoisotopic (exact) mass is 1060 g/mol. The number of hydrogen-bond acceptors (Lipinski definition) is 3. The standard InChI is InChI=1S/C77H78BN3/c1-72(2,3)55-32-37-65(59(44-55)53-27-20-15-21-28-53)80-68-49-61-60(74(7,8)41-42-75(61,9)10)48-64(68)78-63-43-54(51-25-18-14-19-26-51)31-36-67(63)79(57-34-29-52(30-35-57)50-23-16-13-17-24-50)69-46-58(47-70(80)71(69)78)81-66-38-33-56(73(4,5)6)45-62(66)76(11)39-22-40-77(76,81)12/h13-21,23-38,43-49H,22,39-42H2,1-12H3. The first-order valence-electron chi connectivity index (χ1n) is 30.1. The SMILES string of the molecule is CC(C)(C)c1ccc(N2c3cc4c(cc3B3c5cc(-c6ccccc6)ccc5N(c5ccc(-c6ccccc6)cc5)c5cc(N6c7ccc(C(C)(C)C)cc7C7(C)CCCC67C)cc2c53)C(C)(C)CCC4(C)C)c(-c2ccccc2)c1. The van der Waals surface area contributed by atoms with Gasteiger partial charge in [-0.2, -0.15) is 0 Å². The number of rotatable bonds is 6. The first-order chi connectivity index (χ1) is 38.6. The summed E-state index contributed by atoms with van der Waals surface area (Å²) in [6.45, 7) is 29.3. The van der Waals surface area contributed by atoms with Gasteiger partial charge in [0.2, 0.25) is 0 Å². The van der Waals surface area contributed by atoms with Crippen LogP contribution in [0.4, 0.5) is 45.5 Å². The molecule has 0 amide bonds. The van der Waals surface area contributed by atoms with E-state index in [1.807, 2.05) is 0 Å². The van der Waals surface area contributed by atoms with Gasteiger partial charge >= 0.3 is 0 Å². The van der Waals surface area contributed by atoms with Gasteiger partial charge < -0.3 is 14.7 Å². The van der Waals surface area contributed by atoms with Gasteiger partial charge in [-0.1, -0.05) is 222 Å². The second-order valence-corrected chi connectivity index (χ2v) is 28.4. The van der Waals surface area contributed by atoms with Crippen molar-refractivity contribution < 1.29 is 0 Å². The van der Waals surface area contributed by atoms with Crippen LogP contribution in [0, 0.1) is 0 Å². The molecule has 81 heavy (non-hydrogen) atoms. The third-order valence-electron chi connectivity index (χ3n) is 20.5. The Labute approximate surface area is 483 Å². The number of hydrogen-bond donors (Lipinski definition) is 0. The van der Waals surface area contributed by atoms with Gasteiger partial charge in [0.1, 0.15) is 0 Å². The maximum absolute atomic E-state index is 2.82. The van der Waals surface area contributed by atoms with E-state index in [1.54, 1.807) is 0 Å². The number of fused-ring (bicyclic) bond motifs is 8. The van der Waals surface area contributed by atoms with E-state index in [0.29, 0.717) is 0 Å². The minimum absolute atomic E-state index is 0.00344. The van der Waals surface area contributed by atoms with Crippen LogP contribution in [0.25, 0.3) is 33.4 Å². The van der Waals surface area contributed by atoms with Crippen LogP contribution in [0.3, 0.4) is 0 Å². The zero-order valence-corrected chi connectivity index (χ0v) is 49.9. The smallest absolute Gasteiger partial charge is 0.252 e. The Morgan fingerprint density at radius 3 is 1.49 bits per heavy atom. The molecule has 14 rings (SSSR count). The molecular weight excluding hydrogens is 978 g/mol. The summed E-state index contributed by atoms with van der Waals surface area (Å²) in [6.07, 6.45) is 5.75. The van der Waals surface area contributed by atoms with E-state index < -0.39 is 0 Å². The molecule has 0 radical (unpaired) electrons. The van der Waals surface area contributed by atoms with Crippen molar-refractivity contribution in [3.8, 4) is 33.4 Å². The summed E-state index contributed by atoms with van der Waals surface area (Å²) in [7, 11) is 0. The van der Waals surface area contributed by atoms with E-state index in [9.17, 15) is 0 Å². The van der Waals surface area contributed by atoms with Gasteiger partial charge in [-0.3, -0.25) is 0 Å². The largest absolute Gasteiger partial charge is 0.334 e. The molecule has 1 fully saturated rings. The van der Waals surface area contributed by atoms with Gasteiger partial charge in [-0.25, -0.2) is 0 Å². The molecule has 2 aliphatic carbocycles. The van der Waals surface area contributed by atoms with E-state index in [-0.39, 0.29) is 39.3 Å². The second kappa shape index (κ2) is 18.0. The van der Waals surface area contributed by atoms with Crippen LogP contribution in [0.5, 0.6) is 0 Å². The van der Waals surface area contributed by atoms with Gasteiger partial charge in [-0.05, 0) is 181 Å². The van der Waals surface area contributed by atoms with Crippen LogP contribution in [-0.4, -0.2) is 12.3 Å². The van der Waals surface area contributed by atoms with Gasteiger partial charge in [0, 0.05) is 50.8 Å². The molecule has 2 unspecified atom stereocenters. The Morgan fingerprint density at radius 1 is 0.370 bits per heavy atom. The normalized spacial score (nSPS) is 20.0. The molecule has 9 aromatic rings. The van der Waals surface area contributed by atoms with Gasteiger partial charge in [0.25, 0.3) is 6.71 Å².